The number of methoxy groups -OCH3 is 1. The van der Waals surface area contributed by atoms with Gasteiger partial charge < -0.3 is 9.47 Å². The number of ether oxygens (including phenoxy) is 2. The molecule has 180 valence electrons. The second-order valence-corrected chi connectivity index (χ2v) is 9.51. The maximum atomic E-state index is 12.8. The molecule has 4 atom stereocenters. The third kappa shape index (κ3) is 8.94. The molecule has 3 nitrogen and oxygen atoms in total. The lowest BCUT2D eigenvalue weighted by Crippen LogP contribution is -2.24. The molecule has 0 bridgehead atoms. The largest absolute Gasteiger partial charge is 0.458 e. The molecule has 0 aromatic heterocycles. The van der Waals surface area contributed by atoms with Gasteiger partial charge in [-0.3, -0.25) is 0 Å². The Morgan fingerprint density at radius 3 is 2.38 bits per heavy atom. The minimum atomic E-state index is -0.205. The highest BCUT2D eigenvalue weighted by Crippen LogP contribution is 2.26. The van der Waals surface area contributed by atoms with Crippen molar-refractivity contribution in [2.24, 2.45) is 17.8 Å². The summed E-state index contributed by atoms with van der Waals surface area (Å²) in [4.78, 5) is 12.8. The molecule has 0 fully saturated rings. The van der Waals surface area contributed by atoms with Crippen LogP contribution in [0.3, 0.4) is 0 Å². The van der Waals surface area contributed by atoms with E-state index >= 15 is 0 Å². The molecule has 32 heavy (non-hydrogen) atoms. The van der Waals surface area contributed by atoms with Gasteiger partial charge in [-0.05, 0) is 57.4 Å². The average molecular weight is 443 g/mol. The first kappa shape index (κ1) is 28.2. The normalized spacial score (nSPS) is 34.5. The maximum Gasteiger partial charge on any atom is 0.334 e. The molecule has 0 amide bonds. The number of carbonyl (C=O) groups excluding carboxylic acids is 1. The Hall–Kier alpha value is -1.87. The second kappa shape index (κ2) is 14.3. The highest BCUT2D eigenvalue weighted by Gasteiger charge is 2.22. The molecule has 0 aliphatic carbocycles. The number of hydrogen-bond donors (Lipinski definition) is 0. The lowest BCUT2D eigenvalue weighted by atomic mass is 9.87. The molecule has 0 spiro atoms. The van der Waals surface area contributed by atoms with Gasteiger partial charge in [0, 0.05) is 25.0 Å². The Balaban J connectivity index is 3.41. The van der Waals surface area contributed by atoms with Crippen molar-refractivity contribution < 1.29 is 14.3 Å². The van der Waals surface area contributed by atoms with Gasteiger partial charge in [0.1, 0.15) is 6.10 Å². The van der Waals surface area contributed by atoms with Crippen molar-refractivity contribution in [3.63, 3.8) is 0 Å². The zero-order valence-electron chi connectivity index (χ0n) is 21.9. The summed E-state index contributed by atoms with van der Waals surface area (Å²) in [5.41, 5.74) is 4.49. The first-order valence-electron chi connectivity index (χ1n) is 12.3. The van der Waals surface area contributed by atoms with Crippen LogP contribution in [0.25, 0.3) is 0 Å². The fourth-order valence-corrected chi connectivity index (χ4v) is 4.07. The van der Waals surface area contributed by atoms with Crippen LogP contribution >= 0.6 is 0 Å². The van der Waals surface area contributed by atoms with E-state index < -0.39 is 0 Å². The molecule has 0 aromatic rings. The Bertz CT molecular complexity index is 748. The van der Waals surface area contributed by atoms with E-state index in [1.54, 1.807) is 7.11 Å². The van der Waals surface area contributed by atoms with E-state index in [9.17, 15) is 4.79 Å². The zero-order valence-corrected chi connectivity index (χ0v) is 21.9. The van der Waals surface area contributed by atoms with E-state index in [0.717, 1.165) is 18.4 Å². The summed E-state index contributed by atoms with van der Waals surface area (Å²) in [6.07, 6.45) is 16.1. The lowest BCUT2D eigenvalue weighted by Gasteiger charge is -2.25. The molecule has 3 heteroatoms. The quantitative estimate of drug-likeness (QED) is 0.330. The predicted octanol–water partition coefficient (Wildman–Crippen LogP) is 7.76. The van der Waals surface area contributed by atoms with Gasteiger partial charge in [0.25, 0.3) is 0 Å². The van der Waals surface area contributed by atoms with E-state index in [-0.39, 0.29) is 24.1 Å². The van der Waals surface area contributed by atoms with Crippen molar-refractivity contribution in [2.75, 3.05) is 7.11 Å². The van der Waals surface area contributed by atoms with Gasteiger partial charge in [0.15, 0.2) is 0 Å². The van der Waals surface area contributed by atoms with Crippen LogP contribution in [0.4, 0.5) is 0 Å². The van der Waals surface area contributed by atoms with E-state index in [2.05, 4.69) is 72.8 Å². The van der Waals surface area contributed by atoms with Crippen molar-refractivity contribution in [2.45, 2.75) is 93.3 Å². The van der Waals surface area contributed by atoms with Crippen LogP contribution in [0.5, 0.6) is 0 Å². The Labute approximate surface area is 197 Å². The van der Waals surface area contributed by atoms with E-state index in [1.807, 2.05) is 19.1 Å². The highest BCUT2D eigenvalue weighted by atomic mass is 16.5. The molecule has 0 N–H and O–H groups in total. The topological polar surface area (TPSA) is 35.5 Å². The fraction of sp³-hybridized carbons (Fsp3) is 0.621. The van der Waals surface area contributed by atoms with Gasteiger partial charge in [-0.25, -0.2) is 4.79 Å². The molecule has 1 heterocycles. The van der Waals surface area contributed by atoms with Crippen LogP contribution in [0.15, 0.2) is 58.7 Å². The van der Waals surface area contributed by atoms with Gasteiger partial charge in [-0.2, -0.15) is 0 Å². The number of rotatable bonds is 4. The van der Waals surface area contributed by atoms with Crippen LogP contribution in [-0.2, 0) is 14.3 Å². The summed E-state index contributed by atoms with van der Waals surface area (Å²) in [5.74, 6) is 0.810. The second-order valence-electron chi connectivity index (χ2n) is 9.51. The van der Waals surface area contributed by atoms with E-state index in [0.29, 0.717) is 24.7 Å². The smallest absolute Gasteiger partial charge is 0.334 e. The van der Waals surface area contributed by atoms with Crippen molar-refractivity contribution in [3.8, 4) is 0 Å². The molecule has 0 saturated heterocycles. The molecule has 1 rings (SSSR count). The fourth-order valence-electron chi connectivity index (χ4n) is 4.07. The molecule has 1 aliphatic heterocycles. The summed E-state index contributed by atoms with van der Waals surface area (Å²) < 4.78 is 11.9. The van der Waals surface area contributed by atoms with Crippen LogP contribution < -0.4 is 0 Å². The van der Waals surface area contributed by atoms with Gasteiger partial charge in [0.2, 0.25) is 0 Å². The molecule has 0 unspecified atom stereocenters. The standard InChI is InChI=1S/C29H46O3/c1-10-25-15-13-12-14-22(6)23(7)19-26(11-2)28(31-9)24(8)18-21(5)16-17-27(20(3)4)32-29(25)30/h12-13,15-16,18-20,22,26-28H,10-11,14,17H2,1-9H3/b13-12+,21-16+,23-19-,24-18+,25-15+/t22-,26+,27-,28+/m0/s1. The molecule has 0 saturated carbocycles. The molecular formula is C29H46O3. The first-order chi connectivity index (χ1) is 15.1. The summed E-state index contributed by atoms with van der Waals surface area (Å²) in [6.45, 7) is 17.2. The Morgan fingerprint density at radius 2 is 1.81 bits per heavy atom. The van der Waals surface area contributed by atoms with Gasteiger partial charge in [0.05, 0.1) is 6.10 Å². The number of carbonyl (C=O) groups is 1. The van der Waals surface area contributed by atoms with Crippen molar-refractivity contribution in [3.05, 3.63) is 58.7 Å². The third-order valence-corrected chi connectivity index (χ3v) is 6.51. The van der Waals surface area contributed by atoms with Crippen molar-refractivity contribution in [1.29, 1.82) is 0 Å². The van der Waals surface area contributed by atoms with Gasteiger partial charge in [-0.1, -0.05) is 82.2 Å². The minimum absolute atomic E-state index is 0.0497. The summed E-state index contributed by atoms with van der Waals surface area (Å²) in [5, 5.41) is 0. The number of allylic oxidation sites excluding steroid dienone is 6. The van der Waals surface area contributed by atoms with Gasteiger partial charge in [-0.15, -0.1) is 0 Å². The van der Waals surface area contributed by atoms with Crippen molar-refractivity contribution >= 4 is 5.97 Å². The molecule has 0 radical (unpaired) electrons. The summed E-state index contributed by atoms with van der Waals surface area (Å²) in [6, 6.07) is 0. The van der Waals surface area contributed by atoms with E-state index in [1.165, 1.54) is 16.7 Å². The van der Waals surface area contributed by atoms with E-state index in [4.69, 9.17) is 9.47 Å². The maximum absolute atomic E-state index is 12.8. The predicted molar refractivity (Wildman–Crippen MR) is 136 cm³/mol. The minimum Gasteiger partial charge on any atom is -0.458 e. The van der Waals surface area contributed by atoms with Crippen LogP contribution in [-0.4, -0.2) is 25.3 Å². The summed E-state index contributed by atoms with van der Waals surface area (Å²) >= 11 is 0. The monoisotopic (exact) mass is 442 g/mol. The summed E-state index contributed by atoms with van der Waals surface area (Å²) in [7, 11) is 1.80. The number of esters is 1. The Kier molecular flexibility index (Phi) is 12.6. The first-order valence-corrected chi connectivity index (χ1v) is 12.3. The lowest BCUT2D eigenvalue weighted by molar-refractivity contribution is -0.146. The zero-order chi connectivity index (χ0) is 24.3. The average Bonchev–Trinajstić information content (AvgIpc) is 2.74. The molecule has 0 aromatic carbocycles. The SMILES string of the molecule is CC/C1=C\C=C\C[C@H](C)/C(C)=C\[C@@H](CC)[C@H](OC)/C(C)=C/C(C)=C/C[C@@H](C(C)C)OC1=O. The van der Waals surface area contributed by atoms with Crippen LogP contribution in [0.1, 0.15) is 81.1 Å². The molecular weight excluding hydrogens is 396 g/mol. The molecule has 1 aliphatic rings. The van der Waals surface area contributed by atoms with Gasteiger partial charge >= 0.3 is 5.97 Å². The number of hydrogen-bond acceptors (Lipinski definition) is 3. The third-order valence-electron chi connectivity index (χ3n) is 6.51. The van der Waals surface area contributed by atoms with Crippen molar-refractivity contribution in [1.82, 2.24) is 0 Å². The number of cyclic esters (lactones) is 1. The highest BCUT2D eigenvalue weighted by molar-refractivity contribution is 5.88. The van der Waals surface area contributed by atoms with Crippen LogP contribution in [0, 0.1) is 17.8 Å². The van der Waals surface area contributed by atoms with Crippen LogP contribution in [0.2, 0.25) is 0 Å². The Morgan fingerprint density at radius 1 is 1.12 bits per heavy atom.